The van der Waals surface area contributed by atoms with Crippen molar-refractivity contribution in [3.05, 3.63) is 71.9 Å². The molecule has 210 valence electrons. The van der Waals surface area contributed by atoms with Crippen LogP contribution < -0.4 is 16.4 Å². The van der Waals surface area contributed by atoms with Crippen LogP contribution in [0.25, 0.3) is 10.8 Å². The molecular formula is C27H32F3N5O4. The number of aliphatic carboxylic acids is 1. The number of nitrogen functional groups attached to an aromatic ring is 1. The lowest BCUT2D eigenvalue weighted by Gasteiger charge is -2.24. The van der Waals surface area contributed by atoms with Crippen molar-refractivity contribution >= 4 is 34.5 Å². The number of pyridine rings is 1. The molecule has 2 aromatic carbocycles. The van der Waals surface area contributed by atoms with Gasteiger partial charge in [0, 0.05) is 32.8 Å². The molecule has 0 aliphatic carbocycles. The molecule has 39 heavy (non-hydrogen) atoms. The molecule has 0 radical (unpaired) electrons. The Kier molecular flexibility index (Phi) is 11.5. The van der Waals surface area contributed by atoms with Crippen molar-refractivity contribution in [1.82, 2.24) is 20.5 Å². The van der Waals surface area contributed by atoms with E-state index in [9.17, 15) is 22.8 Å². The van der Waals surface area contributed by atoms with Gasteiger partial charge in [-0.05, 0) is 34.4 Å². The average Bonchev–Trinajstić information content (AvgIpc) is 2.90. The number of hydrogen-bond donors (Lipinski definition) is 4. The summed E-state index contributed by atoms with van der Waals surface area (Å²) in [5.74, 6) is -2.57. The van der Waals surface area contributed by atoms with Crippen LogP contribution in [0.2, 0.25) is 0 Å². The number of aromatic nitrogens is 1. The molecule has 9 nitrogen and oxygen atoms in total. The van der Waals surface area contributed by atoms with Crippen LogP contribution in [-0.4, -0.2) is 58.7 Å². The predicted molar refractivity (Wildman–Crippen MR) is 142 cm³/mol. The van der Waals surface area contributed by atoms with Gasteiger partial charge in [0.15, 0.2) is 0 Å². The molecule has 0 unspecified atom stereocenters. The van der Waals surface area contributed by atoms with Crippen LogP contribution in [-0.2, 0) is 22.6 Å². The summed E-state index contributed by atoms with van der Waals surface area (Å²) in [6.07, 6.45) is -1.16. The summed E-state index contributed by atoms with van der Waals surface area (Å²) in [4.78, 5) is 40.4. The van der Waals surface area contributed by atoms with Crippen LogP contribution in [0.4, 0.5) is 23.8 Å². The minimum absolute atomic E-state index is 0.244. The SMILES string of the molecule is CCCCN(C)C(=O)N[C@@H](Cc1cccc2ccccc12)C(=O)NCc1ccc(N)nc1.O=C(O)C(F)(F)F. The zero-order valence-corrected chi connectivity index (χ0v) is 21.7. The van der Waals surface area contributed by atoms with E-state index in [1.807, 2.05) is 48.5 Å². The van der Waals surface area contributed by atoms with E-state index in [1.54, 1.807) is 24.2 Å². The third kappa shape index (κ3) is 10.1. The molecule has 3 aromatic rings. The van der Waals surface area contributed by atoms with Crippen molar-refractivity contribution in [2.24, 2.45) is 0 Å². The highest BCUT2D eigenvalue weighted by molar-refractivity contribution is 5.90. The van der Waals surface area contributed by atoms with Crippen molar-refractivity contribution in [2.75, 3.05) is 19.3 Å². The number of carboxylic acids is 1. The summed E-state index contributed by atoms with van der Waals surface area (Å²) >= 11 is 0. The summed E-state index contributed by atoms with van der Waals surface area (Å²) in [5, 5.41) is 15.1. The molecule has 3 amide bonds. The first-order valence-electron chi connectivity index (χ1n) is 12.2. The largest absolute Gasteiger partial charge is 0.490 e. The van der Waals surface area contributed by atoms with Crippen molar-refractivity contribution in [3.8, 4) is 0 Å². The van der Waals surface area contributed by atoms with Crippen LogP contribution in [0.3, 0.4) is 0 Å². The van der Waals surface area contributed by atoms with Gasteiger partial charge in [-0.25, -0.2) is 14.6 Å². The number of carbonyl (C=O) groups excluding carboxylic acids is 2. The Balaban J connectivity index is 0.000000673. The minimum Gasteiger partial charge on any atom is -0.475 e. The molecule has 3 rings (SSSR count). The maximum absolute atomic E-state index is 13.1. The van der Waals surface area contributed by atoms with Crippen molar-refractivity contribution in [2.45, 2.75) is 44.9 Å². The van der Waals surface area contributed by atoms with E-state index in [4.69, 9.17) is 15.6 Å². The number of nitrogens with one attached hydrogen (secondary N) is 2. The molecule has 0 spiro atoms. The third-order valence-electron chi connectivity index (χ3n) is 5.67. The summed E-state index contributed by atoms with van der Waals surface area (Å²) < 4.78 is 31.7. The number of rotatable bonds is 9. The number of fused-ring (bicyclic) bond motifs is 1. The molecule has 1 aromatic heterocycles. The first-order valence-corrected chi connectivity index (χ1v) is 12.2. The molecule has 0 aliphatic rings. The topological polar surface area (TPSA) is 138 Å². The second kappa shape index (κ2) is 14.6. The van der Waals surface area contributed by atoms with Gasteiger partial charge in [0.1, 0.15) is 11.9 Å². The number of benzene rings is 2. The summed E-state index contributed by atoms with van der Waals surface area (Å²) in [6, 6.07) is 16.6. The second-order valence-electron chi connectivity index (χ2n) is 8.73. The summed E-state index contributed by atoms with van der Waals surface area (Å²) in [7, 11) is 1.75. The fraction of sp³-hybridized carbons (Fsp3) is 0.333. The van der Waals surface area contributed by atoms with Crippen LogP contribution in [0.5, 0.6) is 0 Å². The number of amides is 3. The molecule has 0 bridgehead atoms. The number of hydrogen-bond acceptors (Lipinski definition) is 5. The Morgan fingerprint density at radius 2 is 1.74 bits per heavy atom. The van der Waals surface area contributed by atoms with Gasteiger partial charge in [-0.3, -0.25) is 4.79 Å². The van der Waals surface area contributed by atoms with E-state index in [0.29, 0.717) is 25.3 Å². The molecule has 0 aliphatic heterocycles. The molecule has 12 heteroatoms. The van der Waals surface area contributed by atoms with Gasteiger partial charge in [-0.1, -0.05) is 61.9 Å². The zero-order chi connectivity index (χ0) is 29.0. The number of carbonyl (C=O) groups is 3. The van der Waals surface area contributed by atoms with Gasteiger partial charge < -0.3 is 26.4 Å². The van der Waals surface area contributed by atoms with E-state index >= 15 is 0 Å². The van der Waals surface area contributed by atoms with Crippen LogP contribution in [0.15, 0.2) is 60.8 Å². The number of nitrogens with two attached hydrogens (primary N) is 1. The quantitative estimate of drug-likeness (QED) is 0.318. The van der Waals surface area contributed by atoms with E-state index in [0.717, 1.165) is 34.7 Å². The Morgan fingerprint density at radius 1 is 1.08 bits per heavy atom. The fourth-order valence-electron chi connectivity index (χ4n) is 3.51. The second-order valence-corrected chi connectivity index (χ2v) is 8.73. The summed E-state index contributed by atoms with van der Waals surface area (Å²) in [5.41, 5.74) is 7.47. The normalized spacial score (nSPS) is 11.6. The monoisotopic (exact) mass is 547 g/mol. The highest BCUT2D eigenvalue weighted by Gasteiger charge is 2.38. The Morgan fingerprint density at radius 3 is 2.36 bits per heavy atom. The number of urea groups is 1. The Hall–Kier alpha value is -4.35. The summed E-state index contributed by atoms with van der Waals surface area (Å²) in [6.45, 7) is 3.02. The zero-order valence-electron chi connectivity index (χ0n) is 21.7. The number of anilines is 1. The Labute approximate surface area is 224 Å². The van der Waals surface area contributed by atoms with Gasteiger partial charge in [0.05, 0.1) is 0 Å². The first kappa shape index (κ1) is 30.9. The number of halogens is 3. The Bertz CT molecular complexity index is 1250. The maximum Gasteiger partial charge on any atom is 0.490 e. The van der Waals surface area contributed by atoms with Gasteiger partial charge in [-0.2, -0.15) is 13.2 Å². The third-order valence-corrected chi connectivity index (χ3v) is 5.67. The smallest absolute Gasteiger partial charge is 0.475 e. The van der Waals surface area contributed by atoms with Gasteiger partial charge in [-0.15, -0.1) is 0 Å². The van der Waals surface area contributed by atoms with Gasteiger partial charge in [0.2, 0.25) is 5.91 Å². The van der Waals surface area contributed by atoms with E-state index < -0.39 is 18.2 Å². The average molecular weight is 548 g/mol. The molecule has 0 saturated heterocycles. The number of carboxylic acid groups (broad SMARTS) is 1. The van der Waals surface area contributed by atoms with E-state index in [2.05, 4.69) is 22.5 Å². The lowest BCUT2D eigenvalue weighted by Crippen LogP contribution is -2.51. The minimum atomic E-state index is -5.08. The molecule has 5 N–H and O–H groups in total. The predicted octanol–water partition coefficient (Wildman–Crippen LogP) is 4.12. The number of nitrogens with zero attached hydrogens (tertiary/aromatic N) is 2. The van der Waals surface area contributed by atoms with Gasteiger partial charge in [0.25, 0.3) is 0 Å². The van der Waals surface area contributed by atoms with Crippen LogP contribution in [0, 0.1) is 0 Å². The van der Waals surface area contributed by atoms with Crippen LogP contribution >= 0.6 is 0 Å². The lowest BCUT2D eigenvalue weighted by atomic mass is 9.98. The highest BCUT2D eigenvalue weighted by Crippen LogP contribution is 2.20. The van der Waals surface area contributed by atoms with E-state index in [1.165, 1.54) is 0 Å². The van der Waals surface area contributed by atoms with Crippen molar-refractivity contribution in [3.63, 3.8) is 0 Å². The molecular weight excluding hydrogens is 515 g/mol. The number of unbranched alkanes of at least 4 members (excludes halogenated alkanes) is 1. The molecule has 1 atom stereocenters. The lowest BCUT2D eigenvalue weighted by molar-refractivity contribution is -0.192. The van der Waals surface area contributed by atoms with Gasteiger partial charge >= 0.3 is 18.2 Å². The van der Waals surface area contributed by atoms with Crippen LogP contribution in [0.1, 0.15) is 30.9 Å². The fourth-order valence-corrected chi connectivity index (χ4v) is 3.51. The molecule has 0 saturated carbocycles. The first-order chi connectivity index (χ1) is 18.4. The molecule has 1 heterocycles. The van der Waals surface area contributed by atoms with Crippen molar-refractivity contribution < 1.29 is 32.7 Å². The van der Waals surface area contributed by atoms with E-state index in [-0.39, 0.29) is 11.9 Å². The molecule has 0 fully saturated rings. The number of alkyl halides is 3. The maximum atomic E-state index is 13.1. The highest BCUT2D eigenvalue weighted by atomic mass is 19.4. The standard InChI is InChI=1S/C25H31N5O2.C2HF3O2/c1-3-4-14-30(2)25(32)29-22(24(31)28-17-18-12-13-23(26)27-16-18)15-20-10-7-9-19-8-5-6-11-21(19)20;3-2(4,5)1(6)7/h5-13,16,22H,3-4,14-15,17H2,1-2H3,(H2,26,27)(H,28,31)(H,29,32);(H,6,7)/t22-;/m0./s1. The van der Waals surface area contributed by atoms with Crippen molar-refractivity contribution in [1.29, 1.82) is 0 Å².